The molecule has 2 nitrogen and oxygen atoms in total. The average molecular weight is 236 g/mol. The molecule has 4 heteroatoms. The molecule has 0 aromatic heterocycles. The van der Waals surface area contributed by atoms with E-state index in [9.17, 15) is 13.6 Å². The molecular formula is C13H10F2O2. The summed E-state index contributed by atoms with van der Waals surface area (Å²) in [5, 5.41) is 8.63. The van der Waals surface area contributed by atoms with Crippen molar-refractivity contribution in [2.75, 3.05) is 0 Å². The van der Waals surface area contributed by atoms with Crippen LogP contribution < -0.4 is 0 Å². The molecule has 2 rings (SSSR count). The second kappa shape index (κ2) is 4.13. The van der Waals surface area contributed by atoms with Crippen LogP contribution in [-0.2, 0) is 4.79 Å². The highest BCUT2D eigenvalue weighted by Gasteiger charge is 2.46. The van der Waals surface area contributed by atoms with Gasteiger partial charge in [0.25, 0.3) is 5.67 Å². The van der Waals surface area contributed by atoms with Crippen LogP contribution >= 0.6 is 0 Å². The van der Waals surface area contributed by atoms with E-state index in [-0.39, 0.29) is 0 Å². The fourth-order valence-electron chi connectivity index (χ4n) is 1.65. The average Bonchev–Trinajstić information content (AvgIpc) is 2.33. The molecule has 1 aliphatic rings. The monoisotopic (exact) mass is 236 g/mol. The van der Waals surface area contributed by atoms with E-state index in [2.05, 4.69) is 0 Å². The van der Waals surface area contributed by atoms with Crippen LogP contribution in [0, 0.1) is 0 Å². The molecule has 0 heterocycles. The number of hydrogen-bond acceptors (Lipinski definition) is 1. The molecular weight excluding hydrogens is 226 g/mol. The zero-order valence-electron chi connectivity index (χ0n) is 8.81. The Hall–Kier alpha value is -1.97. The normalized spacial score (nSPS) is 27.6. The van der Waals surface area contributed by atoms with Crippen LogP contribution in [-0.4, -0.2) is 22.9 Å². The number of allylic oxidation sites excluding steroid dienone is 3. The van der Waals surface area contributed by atoms with Gasteiger partial charge in [0.15, 0.2) is 6.17 Å². The summed E-state index contributed by atoms with van der Waals surface area (Å²) in [7, 11) is 0. The molecule has 88 valence electrons. The number of hydrogen-bond donors (Lipinski definition) is 1. The molecule has 2 atom stereocenters. The van der Waals surface area contributed by atoms with Gasteiger partial charge in [0.1, 0.15) is 0 Å². The van der Waals surface area contributed by atoms with Crippen LogP contribution in [0.2, 0.25) is 0 Å². The van der Waals surface area contributed by atoms with E-state index in [0.717, 1.165) is 17.7 Å². The minimum absolute atomic E-state index is 0.479. The Labute approximate surface area is 96.9 Å². The van der Waals surface area contributed by atoms with Crippen molar-refractivity contribution in [3.8, 4) is 0 Å². The second-order valence-electron chi connectivity index (χ2n) is 3.80. The van der Waals surface area contributed by atoms with E-state index in [0.29, 0.717) is 5.57 Å². The zero-order valence-corrected chi connectivity index (χ0v) is 8.81. The predicted octanol–water partition coefficient (Wildman–Crippen LogP) is 2.77. The van der Waals surface area contributed by atoms with E-state index < -0.39 is 17.8 Å². The summed E-state index contributed by atoms with van der Waals surface area (Å²) < 4.78 is 27.2. The first-order valence-corrected chi connectivity index (χ1v) is 5.07. The number of alkyl halides is 2. The maximum atomic E-state index is 13.7. The molecule has 0 saturated carbocycles. The van der Waals surface area contributed by atoms with Gasteiger partial charge < -0.3 is 5.11 Å². The van der Waals surface area contributed by atoms with Crippen molar-refractivity contribution in [3.63, 3.8) is 0 Å². The largest absolute Gasteiger partial charge is 0.479 e. The molecule has 0 amide bonds. The van der Waals surface area contributed by atoms with Crippen LogP contribution in [0.15, 0.2) is 48.6 Å². The van der Waals surface area contributed by atoms with Gasteiger partial charge in [-0.3, -0.25) is 0 Å². The van der Waals surface area contributed by atoms with Crippen LogP contribution in [0.25, 0.3) is 5.57 Å². The van der Waals surface area contributed by atoms with Gasteiger partial charge in [-0.2, -0.15) is 0 Å². The first-order chi connectivity index (χ1) is 8.04. The summed E-state index contributed by atoms with van der Waals surface area (Å²) in [5.41, 5.74) is -1.76. The smallest absolute Gasteiger partial charge is 0.349 e. The lowest BCUT2D eigenvalue weighted by molar-refractivity contribution is -0.150. The maximum Gasteiger partial charge on any atom is 0.349 e. The van der Waals surface area contributed by atoms with Crippen molar-refractivity contribution in [1.82, 2.24) is 0 Å². The molecule has 0 saturated heterocycles. The van der Waals surface area contributed by atoms with Crippen molar-refractivity contribution in [2.45, 2.75) is 11.8 Å². The van der Waals surface area contributed by atoms with Gasteiger partial charge in [0, 0.05) is 0 Å². The lowest BCUT2D eigenvalue weighted by Crippen LogP contribution is -2.41. The first kappa shape index (κ1) is 11.5. The predicted molar refractivity (Wildman–Crippen MR) is 59.9 cm³/mol. The minimum Gasteiger partial charge on any atom is -0.479 e. The van der Waals surface area contributed by atoms with Crippen LogP contribution in [0.1, 0.15) is 5.56 Å². The summed E-state index contributed by atoms with van der Waals surface area (Å²) in [6.07, 6.45) is 0.853. The van der Waals surface area contributed by atoms with Gasteiger partial charge in [-0.05, 0) is 23.3 Å². The summed E-state index contributed by atoms with van der Waals surface area (Å²) in [6.45, 7) is 0. The van der Waals surface area contributed by atoms with Gasteiger partial charge >= 0.3 is 5.97 Å². The Bertz CT molecular complexity index is 493. The maximum absolute atomic E-state index is 13.7. The SMILES string of the molecule is O=C(O)C1(F)C=CC(c2ccccc2)=CC1F. The fourth-order valence-corrected chi connectivity index (χ4v) is 1.65. The van der Waals surface area contributed by atoms with Gasteiger partial charge in [-0.25, -0.2) is 13.6 Å². The van der Waals surface area contributed by atoms with Gasteiger partial charge in [-0.15, -0.1) is 0 Å². The Morgan fingerprint density at radius 3 is 2.47 bits per heavy atom. The second-order valence-corrected chi connectivity index (χ2v) is 3.80. The highest BCUT2D eigenvalue weighted by molar-refractivity contribution is 5.86. The third kappa shape index (κ3) is 1.98. The molecule has 0 spiro atoms. The number of carboxylic acid groups (broad SMARTS) is 1. The molecule has 17 heavy (non-hydrogen) atoms. The van der Waals surface area contributed by atoms with E-state index >= 15 is 0 Å². The molecule has 1 aromatic carbocycles. The molecule has 0 bridgehead atoms. The number of benzene rings is 1. The van der Waals surface area contributed by atoms with Crippen molar-refractivity contribution in [1.29, 1.82) is 0 Å². The molecule has 1 aromatic rings. The van der Waals surface area contributed by atoms with Crippen molar-refractivity contribution >= 4 is 11.5 Å². The minimum atomic E-state index is -2.96. The quantitative estimate of drug-likeness (QED) is 0.857. The lowest BCUT2D eigenvalue weighted by atomic mass is 9.89. The number of aliphatic carboxylic acids is 1. The molecule has 1 N–H and O–H groups in total. The topological polar surface area (TPSA) is 37.3 Å². The highest BCUT2D eigenvalue weighted by Crippen LogP contribution is 2.32. The third-order valence-corrected chi connectivity index (χ3v) is 2.67. The Morgan fingerprint density at radius 2 is 1.94 bits per heavy atom. The fraction of sp³-hybridized carbons (Fsp3) is 0.154. The number of halogens is 2. The van der Waals surface area contributed by atoms with E-state index in [1.54, 1.807) is 30.3 Å². The third-order valence-electron chi connectivity index (χ3n) is 2.67. The number of carboxylic acids is 1. The zero-order chi connectivity index (χ0) is 12.5. The van der Waals surface area contributed by atoms with Gasteiger partial charge in [-0.1, -0.05) is 36.4 Å². The molecule has 0 aliphatic heterocycles. The van der Waals surface area contributed by atoms with Crippen LogP contribution in [0.4, 0.5) is 8.78 Å². The first-order valence-electron chi connectivity index (χ1n) is 5.07. The summed E-state index contributed by atoms with van der Waals surface area (Å²) in [5.74, 6) is -1.82. The Balaban J connectivity index is 2.34. The summed E-state index contributed by atoms with van der Waals surface area (Å²) >= 11 is 0. The lowest BCUT2D eigenvalue weighted by Gasteiger charge is -2.23. The van der Waals surface area contributed by atoms with E-state index in [1.165, 1.54) is 6.08 Å². The van der Waals surface area contributed by atoms with E-state index in [1.807, 2.05) is 0 Å². The van der Waals surface area contributed by atoms with Crippen molar-refractivity contribution in [2.24, 2.45) is 0 Å². The number of rotatable bonds is 2. The van der Waals surface area contributed by atoms with Crippen molar-refractivity contribution in [3.05, 3.63) is 54.1 Å². The molecule has 0 fully saturated rings. The van der Waals surface area contributed by atoms with E-state index in [4.69, 9.17) is 5.11 Å². The summed E-state index contributed by atoms with van der Waals surface area (Å²) in [6, 6.07) is 8.83. The summed E-state index contributed by atoms with van der Waals surface area (Å²) in [4.78, 5) is 10.6. The molecule has 1 aliphatic carbocycles. The Kier molecular flexibility index (Phi) is 2.79. The standard InChI is InChI=1S/C13H10F2O2/c14-11-8-10(9-4-2-1-3-5-9)6-7-13(11,15)12(16)17/h1-8,11H,(H,16,17). The highest BCUT2D eigenvalue weighted by atomic mass is 19.2. The number of carbonyl (C=O) groups is 1. The van der Waals surface area contributed by atoms with Crippen LogP contribution in [0.5, 0.6) is 0 Å². The van der Waals surface area contributed by atoms with Gasteiger partial charge in [0.05, 0.1) is 0 Å². The van der Waals surface area contributed by atoms with Crippen molar-refractivity contribution < 1.29 is 18.7 Å². The Morgan fingerprint density at radius 1 is 1.29 bits per heavy atom. The van der Waals surface area contributed by atoms with Gasteiger partial charge in [0.2, 0.25) is 0 Å². The van der Waals surface area contributed by atoms with Crippen LogP contribution in [0.3, 0.4) is 0 Å². The molecule has 0 radical (unpaired) electrons. The molecule has 2 unspecified atom stereocenters.